The molecule has 0 aromatic carbocycles. The molecule has 0 aliphatic carbocycles. The summed E-state index contributed by atoms with van der Waals surface area (Å²) in [5.74, 6) is 0. The van der Waals surface area contributed by atoms with Crippen molar-refractivity contribution in [3.8, 4) is 0 Å². The van der Waals surface area contributed by atoms with Gasteiger partial charge in [-0.05, 0) is 17.7 Å². The number of nitrogens with zero attached hydrogens (tertiary/aromatic N) is 2. The van der Waals surface area contributed by atoms with Gasteiger partial charge in [0.15, 0.2) is 5.03 Å². The van der Waals surface area contributed by atoms with E-state index < -0.39 is 10.0 Å². The Hall–Kier alpha value is -1.70. The van der Waals surface area contributed by atoms with E-state index in [1.54, 1.807) is 12.1 Å². The monoisotopic (exact) mass is 281 g/mol. The highest BCUT2D eigenvalue weighted by Gasteiger charge is 2.22. The molecule has 0 fully saturated rings. The van der Waals surface area contributed by atoms with Crippen molar-refractivity contribution in [2.24, 2.45) is 5.73 Å². The van der Waals surface area contributed by atoms with Gasteiger partial charge in [0.1, 0.15) is 0 Å². The van der Waals surface area contributed by atoms with Gasteiger partial charge < -0.3 is 10.2 Å². The summed E-state index contributed by atoms with van der Waals surface area (Å²) in [7, 11) is -2.10. The number of sulfonamides is 1. The van der Waals surface area contributed by atoms with Crippen LogP contribution >= 0.6 is 0 Å². The van der Waals surface area contributed by atoms with Crippen molar-refractivity contribution in [2.75, 3.05) is 7.05 Å². The number of nitrogens with two attached hydrogens (primary N) is 1. The molecule has 6 nitrogen and oxygen atoms in total. The van der Waals surface area contributed by atoms with E-state index in [1.807, 2.05) is 0 Å². The Morgan fingerprint density at radius 3 is 2.63 bits per heavy atom. The molecule has 0 atom stereocenters. The second kappa shape index (κ2) is 5.52. The van der Waals surface area contributed by atoms with E-state index in [2.05, 4.69) is 4.98 Å². The van der Waals surface area contributed by atoms with Crippen molar-refractivity contribution in [2.45, 2.75) is 18.1 Å². The Balaban J connectivity index is 2.20. The largest absolute Gasteiger partial charge is 0.472 e. The fraction of sp³-hybridized carbons (Fsp3) is 0.250. The van der Waals surface area contributed by atoms with Gasteiger partial charge in [0, 0.05) is 31.9 Å². The zero-order valence-electron chi connectivity index (χ0n) is 10.5. The van der Waals surface area contributed by atoms with Crippen molar-refractivity contribution in [1.82, 2.24) is 9.29 Å². The van der Waals surface area contributed by atoms with Crippen LogP contribution in [0.25, 0.3) is 0 Å². The highest BCUT2D eigenvalue weighted by Crippen LogP contribution is 2.15. The van der Waals surface area contributed by atoms with Crippen molar-refractivity contribution < 1.29 is 12.8 Å². The molecule has 0 aliphatic rings. The quantitative estimate of drug-likeness (QED) is 0.881. The van der Waals surface area contributed by atoms with Gasteiger partial charge >= 0.3 is 0 Å². The Morgan fingerprint density at radius 2 is 2.11 bits per heavy atom. The van der Waals surface area contributed by atoms with E-state index in [4.69, 9.17) is 10.2 Å². The third-order valence-electron chi connectivity index (χ3n) is 2.69. The second-order valence-corrected chi connectivity index (χ2v) is 6.09. The molecule has 0 saturated heterocycles. The van der Waals surface area contributed by atoms with E-state index in [0.29, 0.717) is 6.54 Å². The van der Waals surface area contributed by atoms with Gasteiger partial charge in [-0.3, -0.25) is 0 Å². The lowest BCUT2D eigenvalue weighted by molar-refractivity contribution is 0.460. The van der Waals surface area contributed by atoms with Crippen LogP contribution in [0.2, 0.25) is 0 Å². The van der Waals surface area contributed by atoms with Crippen molar-refractivity contribution in [3.63, 3.8) is 0 Å². The van der Waals surface area contributed by atoms with Gasteiger partial charge in [-0.25, -0.2) is 13.4 Å². The summed E-state index contributed by atoms with van der Waals surface area (Å²) in [6.07, 6.45) is 4.49. The van der Waals surface area contributed by atoms with Crippen LogP contribution in [0.1, 0.15) is 11.1 Å². The summed E-state index contributed by atoms with van der Waals surface area (Å²) in [6, 6.07) is 4.84. The highest BCUT2D eigenvalue weighted by atomic mass is 32.2. The second-order valence-electron chi connectivity index (χ2n) is 4.10. The number of rotatable bonds is 5. The Labute approximate surface area is 111 Å². The summed E-state index contributed by atoms with van der Waals surface area (Å²) in [5, 5.41) is 0.00990. The minimum absolute atomic E-state index is 0.00990. The molecule has 2 aromatic rings. The molecule has 0 bridgehead atoms. The Kier molecular flexibility index (Phi) is 3.98. The Bertz CT molecular complexity index is 621. The van der Waals surface area contributed by atoms with Crippen LogP contribution in [-0.2, 0) is 23.1 Å². The average molecular weight is 281 g/mol. The maximum Gasteiger partial charge on any atom is 0.260 e. The standard InChI is InChI=1S/C12H15N3O3S/c1-15(8-11-4-5-18-9-11)19(16,17)12-3-2-10(6-13)7-14-12/h2-5,7,9H,6,8,13H2,1H3. The molecular formula is C12H15N3O3S. The minimum atomic E-state index is -3.60. The molecule has 19 heavy (non-hydrogen) atoms. The van der Waals surface area contributed by atoms with E-state index in [9.17, 15) is 8.42 Å². The highest BCUT2D eigenvalue weighted by molar-refractivity contribution is 7.89. The first-order chi connectivity index (χ1) is 9.04. The average Bonchev–Trinajstić information content (AvgIpc) is 2.91. The zero-order valence-corrected chi connectivity index (χ0v) is 11.3. The van der Waals surface area contributed by atoms with Gasteiger partial charge in [0.2, 0.25) is 0 Å². The maximum atomic E-state index is 12.3. The number of pyridine rings is 1. The van der Waals surface area contributed by atoms with Crippen LogP contribution in [0.3, 0.4) is 0 Å². The number of furan rings is 1. The van der Waals surface area contributed by atoms with Crippen LogP contribution in [0.5, 0.6) is 0 Å². The lowest BCUT2D eigenvalue weighted by Crippen LogP contribution is -2.27. The molecule has 2 N–H and O–H groups in total. The third kappa shape index (κ3) is 3.01. The van der Waals surface area contributed by atoms with Gasteiger partial charge in [-0.1, -0.05) is 6.07 Å². The van der Waals surface area contributed by atoms with Crippen molar-refractivity contribution in [1.29, 1.82) is 0 Å². The van der Waals surface area contributed by atoms with Gasteiger partial charge in [-0.2, -0.15) is 4.31 Å². The smallest absolute Gasteiger partial charge is 0.260 e. The predicted molar refractivity (Wildman–Crippen MR) is 69.5 cm³/mol. The summed E-state index contributed by atoms with van der Waals surface area (Å²) >= 11 is 0. The fourth-order valence-corrected chi connectivity index (χ4v) is 2.63. The van der Waals surface area contributed by atoms with E-state index in [-0.39, 0.29) is 11.6 Å². The molecule has 2 aromatic heterocycles. The molecule has 0 unspecified atom stereocenters. The summed E-state index contributed by atoms with van der Waals surface area (Å²) in [5.41, 5.74) is 7.02. The van der Waals surface area contributed by atoms with E-state index >= 15 is 0 Å². The topological polar surface area (TPSA) is 89.4 Å². The molecule has 2 rings (SSSR count). The van der Waals surface area contributed by atoms with Crippen LogP contribution < -0.4 is 5.73 Å². The summed E-state index contributed by atoms with van der Waals surface area (Å²) < 4.78 is 30.7. The molecule has 7 heteroatoms. The van der Waals surface area contributed by atoms with Crippen LogP contribution in [0, 0.1) is 0 Å². The van der Waals surface area contributed by atoms with Crippen LogP contribution in [-0.4, -0.2) is 24.8 Å². The molecule has 2 heterocycles. The summed E-state index contributed by atoms with van der Waals surface area (Å²) in [6.45, 7) is 0.567. The normalized spacial score (nSPS) is 11.9. The van der Waals surface area contributed by atoms with Crippen molar-refractivity contribution in [3.05, 3.63) is 48.0 Å². The van der Waals surface area contributed by atoms with Crippen molar-refractivity contribution >= 4 is 10.0 Å². The first kappa shape index (κ1) is 13.7. The molecule has 0 amide bonds. The third-order valence-corrected chi connectivity index (χ3v) is 4.41. The lowest BCUT2D eigenvalue weighted by atomic mass is 10.3. The SMILES string of the molecule is CN(Cc1ccoc1)S(=O)(=O)c1ccc(CN)cn1. The maximum absolute atomic E-state index is 12.3. The summed E-state index contributed by atoms with van der Waals surface area (Å²) in [4.78, 5) is 3.94. The number of hydrogen-bond donors (Lipinski definition) is 1. The molecular weight excluding hydrogens is 266 g/mol. The molecule has 102 valence electrons. The van der Waals surface area contributed by atoms with Crippen LogP contribution in [0.4, 0.5) is 0 Å². The predicted octanol–water partition coefficient (Wildman–Crippen LogP) is 0.954. The fourth-order valence-electron chi connectivity index (χ4n) is 1.57. The number of hydrogen-bond acceptors (Lipinski definition) is 5. The molecule has 0 spiro atoms. The lowest BCUT2D eigenvalue weighted by Gasteiger charge is -2.15. The Morgan fingerprint density at radius 1 is 1.32 bits per heavy atom. The molecule has 0 radical (unpaired) electrons. The van der Waals surface area contributed by atoms with E-state index in [1.165, 1.54) is 36.1 Å². The first-order valence-electron chi connectivity index (χ1n) is 5.66. The minimum Gasteiger partial charge on any atom is -0.472 e. The van der Waals surface area contributed by atoms with E-state index in [0.717, 1.165) is 11.1 Å². The number of aromatic nitrogens is 1. The zero-order chi connectivity index (χ0) is 13.9. The van der Waals surface area contributed by atoms with Crippen LogP contribution in [0.15, 0.2) is 46.4 Å². The van der Waals surface area contributed by atoms with Gasteiger partial charge in [0.25, 0.3) is 10.0 Å². The first-order valence-corrected chi connectivity index (χ1v) is 7.10. The molecule has 0 aliphatic heterocycles. The van der Waals surface area contributed by atoms with Gasteiger partial charge in [0.05, 0.1) is 12.5 Å². The molecule has 0 saturated carbocycles. The van der Waals surface area contributed by atoms with Gasteiger partial charge in [-0.15, -0.1) is 0 Å².